The molecule has 0 radical (unpaired) electrons. The van der Waals surface area contributed by atoms with Crippen LogP contribution in [-0.4, -0.2) is 11.8 Å². The summed E-state index contributed by atoms with van der Waals surface area (Å²) in [6.45, 7) is 3.95. The van der Waals surface area contributed by atoms with Crippen molar-refractivity contribution in [3.63, 3.8) is 0 Å². The summed E-state index contributed by atoms with van der Waals surface area (Å²) < 4.78 is 0. The number of amides is 2. The van der Waals surface area contributed by atoms with Crippen LogP contribution in [0, 0.1) is 13.8 Å². The molecule has 2 amide bonds. The Morgan fingerprint density at radius 1 is 0.667 bits per heavy atom. The maximum atomic E-state index is 12.1. The van der Waals surface area contributed by atoms with E-state index in [4.69, 9.17) is 0 Å². The molecule has 0 aliphatic carbocycles. The van der Waals surface area contributed by atoms with Gasteiger partial charge in [0.05, 0.1) is 0 Å². The molecule has 120 valence electrons. The zero-order valence-electron chi connectivity index (χ0n) is 13.6. The topological polar surface area (TPSA) is 58.2 Å². The molecule has 0 bridgehead atoms. The van der Waals surface area contributed by atoms with Crippen molar-refractivity contribution in [3.8, 4) is 0 Å². The second kappa shape index (κ2) is 6.54. The van der Waals surface area contributed by atoms with Crippen LogP contribution in [0.5, 0.6) is 0 Å². The van der Waals surface area contributed by atoms with Gasteiger partial charge in [-0.1, -0.05) is 36.4 Å². The van der Waals surface area contributed by atoms with E-state index >= 15 is 0 Å². The fraction of sp³-hybridized carbons (Fsp3) is 0.100. The summed E-state index contributed by atoms with van der Waals surface area (Å²) in [5, 5.41) is 7.33. The second-order valence-electron chi connectivity index (χ2n) is 5.77. The highest BCUT2D eigenvalue weighted by molar-refractivity contribution is 6.43. The van der Waals surface area contributed by atoms with Crippen molar-refractivity contribution in [1.29, 1.82) is 0 Å². The minimum Gasteiger partial charge on any atom is -0.318 e. The molecular formula is C20H18N2O2. The first kappa shape index (κ1) is 15.7. The molecular weight excluding hydrogens is 300 g/mol. The van der Waals surface area contributed by atoms with Crippen LogP contribution in [0.4, 0.5) is 11.4 Å². The third-order valence-corrected chi connectivity index (χ3v) is 3.98. The number of hydrogen-bond donors (Lipinski definition) is 2. The van der Waals surface area contributed by atoms with Gasteiger partial charge in [-0.25, -0.2) is 0 Å². The number of carbonyl (C=O) groups excluding carboxylic acids is 2. The predicted molar refractivity (Wildman–Crippen MR) is 97.1 cm³/mol. The van der Waals surface area contributed by atoms with Crippen LogP contribution in [-0.2, 0) is 9.59 Å². The summed E-state index contributed by atoms with van der Waals surface area (Å²) in [7, 11) is 0. The molecule has 0 aromatic heterocycles. The molecule has 0 aliphatic rings. The van der Waals surface area contributed by atoms with E-state index in [-0.39, 0.29) is 0 Å². The molecule has 3 aromatic rings. The van der Waals surface area contributed by atoms with E-state index in [1.165, 1.54) is 0 Å². The summed E-state index contributed by atoms with van der Waals surface area (Å²) in [6.07, 6.45) is 0. The summed E-state index contributed by atoms with van der Waals surface area (Å²) in [4.78, 5) is 24.1. The van der Waals surface area contributed by atoms with E-state index in [1.807, 2.05) is 62.4 Å². The third kappa shape index (κ3) is 3.43. The van der Waals surface area contributed by atoms with Crippen molar-refractivity contribution in [2.45, 2.75) is 13.8 Å². The van der Waals surface area contributed by atoms with Gasteiger partial charge in [0, 0.05) is 11.4 Å². The number of anilines is 2. The minimum absolute atomic E-state index is 0.592. The lowest BCUT2D eigenvalue weighted by molar-refractivity contribution is -0.132. The Morgan fingerprint density at radius 2 is 1.25 bits per heavy atom. The SMILES string of the molecule is Cc1ccc(NC(=O)C(=O)Nc2ccc3ccccc3c2)cc1C. The van der Waals surface area contributed by atoms with E-state index in [2.05, 4.69) is 10.6 Å². The van der Waals surface area contributed by atoms with Crippen LogP contribution >= 0.6 is 0 Å². The smallest absolute Gasteiger partial charge is 0.314 e. The van der Waals surface area contributed by atoms with Crippen molar-refractivity contribution in [1.82, 2.24) is 0 Å². The number of fused-ring (bicyclic) bond motifs is 1. The molecule has 0 unspecified atom stereocenters. The van der Waals surface area contributed by atoms with E-state index in [9.17, 15) is 9.59 Å². The number of nitrogens with one attached hydrogen (secondary N) is 2. The Balaban J connectivity index is 1.70. The standard InChI is InChI=1S/C20H18N2O2/c1-13-7-9-17(11-14(13)2)21-19(23)20(24)22-18-10-8-15-5-3-4-6-16(15)12-18/h3-12H,1-2H3,(H,21,23)(H,22,24). The van der Waals surface area contributed by atoms with Gasteiger partial charge in [-0.3, -0.25) is 9.59 Å². The first-order chi connectivity index (χ1) is 11.5. The average molecular weight is 318 g/mol. The highest BCUT2D eigenvalue weighted by Crippen LogP contribution is 2.19. The molecule has 0 saturated carbocycles. The Bertz CT molecular complexity index is 932. The predicted octanol–water partition coefficient (Wildman–Crippen LogP) is 4.03. The van der Waals surface area contributed by atoms with Gasteiger partial charge in [-0.05, 0) is 60.0 Å². The van der Waals surface area contributed by atoms with E-state index in [0.29, 0.717) is 11.4 Å². The second-order valence-corrected chi connectivity index (χ2v) is 5.77. The fourth-order valence-electron chi connectivity index (χ4n) is 2.46. The third-order valence-electron chi connectivity index (χ3n) is 3.98. The van der Waals surface area contributed by atoms with Crippen molar-refractivity contribution >= 4 is 34.0 Å². The molecule has 0 fully saturated rings. The van der Waals surface area contributed by atoms with Crippen molar-refractivity contribution in [3.05, 3.63) is 71.8 Å². The van der Waals surface area contributed by atoms with E-state index in [0.717, 1.165) is 21.9 Å². The van der Waals surface area contributed by atoms with Crippen LogP contribution in [0.15, 0.2) is 60.7 Å². The van der Waals surface area contributed by atoms with Crippen LogP contribution in [0.1, 0.15) is 11.1 Å². The Kier molecular flexibility index (Phi) is 4.29. The molecule has 0 spiro atoms. The zero-order valence-corrected chi connectivity index (χ0v) is 13.6. The quantitative estimate of drug-likeness (QED) is 0.701. The maximum absolute atomic E-state index is 12.1. The summed E-state index contributed by atoms with van der Waals surface area (Å²) in [5.74, 6) is -1.38. The van der Waals surface area contributed by atoms with Crippen LogP contribution in [0.2, 0.25) is 0 Å². The fourth-order valence-corrected chi connectivity index (χ4v) is 2.46. The van der Waals surface area contributed by atoms with E-state index < -0.39 is 11.8 Å². The molecule has 0 heterocycles. The van der Waals surface area contributed by atoms with Gasteiger partial charge >= 0.3 is 11.8 Å². The summed E-state index contributed by atoms with van der Waals surface area (Å²) >= 11 is 0. The monoisotopic (exact) mass is 318 g/mol. The van der Waals surface area contributed by atoms with Gasteiger partial charge in [-0.15, -0.1) is 0 Å². The molecule has 4 nitrogen and oxygen atoms in total. The highest BCUT2D eigenvalue weighted by Gasteiger charge is 2.14. The molecule has 2 N–H and O–H groups in total. The van der Waals surface area contributed by atoms with Crippen LogP contribution in [0.25, 0.3) is 10.8 Å². The first-order valence-corrected chi connectivity index (χ1v) is 7.71. The lowest BCUT2D eigenvalue weighted by Crippen LogP contribution is -2.29. The largest absolute Gasteiger partial charge is 0.318 e. The molecule has 3 aromatic carbocycles. The van der Waals surface area contributed by atoms with Crippen molar-refractivity contribution in [2.75, 3.05) is 10.6 Å². The van der Waals surface area contributed by atoms with Crippen LogP contribution < -0.4 is 10.6 Å². The molecule has 0 aliphatic heterocycles. The van der Waals surface area contributed by atoms with E-state index in [1.54, 1.807) is 12.1 Å². The average Bonchev–Trinajstić information content (AvgIpc) is 2.58. The minimum atomic E-state index is -0.691. The Hall–Kier alpha value is -3.14. The Morgan fingerprint density at radius 3 is 1.92 bits per heavy atom. The van der Waals surface area contributed by atoms with Gasteiger partial charge in [0.15, 0.2) is 0 Å². The molecule has 4 heteroatoms. The van der Waals surface area contributed by atoms with Crippen molar-refractivity contribution in [2.24, 2.45) is 0 Å². The highest BCUT2D eigenvalue weighted by atomic mass is 16.2. The van der Waals surface area contributed by atoms with Gasteiger partial charge < -0.3 is 10.6 Å². The number of carbonyl (C=O) groups is 2. The number of benzene rings is 3. The Labute approximate surface area is 140 Å². The van der Waals surface area contributed by atoms with Gasteiger partial charge in [0.2, 0.25) is 0 Å². The number of aryl methyl sites for hydroxylation is 2. The molecule has 0 saturated heterocycles. The number of hydrogen-bond acceptors (Lipinski definition) is 2. The maximum Gasteiger partial charge on any atom is 0.314 e. The molecule has 3 rings (SSSR count). The normalized spacial score (nSPS) is 10.4. The lowest BCUT2D eigenvalue weighted by Gasteiger charge is -2.09. The zero-order chi connectivity index (χ0) is 17.1. The molecule has 24 heavy (non-hydrogen) atoms. The first-order valence-electron chi connectivity index (χ1n) is 7.71. The number of rotatable bonds is 2. The lowest BCUT2D eigenvalue weighted by atomic mass is 10.1. The summed E-state index contributed by atoms with van der Waals surface area (Å²) in [6, 6.07) is 18.9. The molecule has 0 atom stereocenters. The summed E-state index contributed by atoms with van der Waals surface area (Å²) in [5.41, 5.74) is 3.39. The van der Waals surface area contributed by atoms with Gasteiger partial charge in [-0.2, -0.15) is 0 Å². The van der Waals surface area contributed by atoms with Gasteiger partial charge in [0.1, 0.15) is 0 Å². The van der Waals surface area contributed by atoms with Crippen molar-refractivity contribution < 1.29 is 9.59 Å². The van der Waals surface area contributed by atoms with Gasteiger partial charge in [0.25, 0.3) is 0 Å². The van der Waals surface area contributed by atoms with Crippen LogP contribution in [0.3, 0.4) is 0 Å².